The Labute approximate surface area is 250 Å². The number of ether oxygens (including phenoxy) is 2. The summed E-state index contributed by atoms with van der Waals surface area (Å²) in [5.41, 5.74) is 1.36. The quantitative estimate of drug-likeness (QED) is 0.243. The molecule has 2 heterocycles. The van der Waals surface area contributed by atoms with E-state index in [-0.39, 0.29) is 43.0 Å². The summed E-state index contributed by atoms with van der Waals surface area (Å²) in [6, 6.07) is 9.84. The summed E-state index contributed by atoms with van der Waals surface area (Å²) in [7, 11) is -2.45. The van der Waals surface area contributed by atoms with E-state index >= 15 is 0 Å². The molecule has 4 rings (SSSR count). The van der Waals surface area contributed by atoms with E-state index in [9.17, 15) is 18.0 Å². The molecule has 1 saturated carbocycles. The molecule has 0 radical (unpaired) electrons. The lowest BCUT2D eigenvalue weighted by atomic mass is 9.87. The monoisotopic (exact) mass is 618 g/mol. The number of hydrogen-bond acceptors (Lipinski definition) is 9. The largest absolute Gasteiger partial charge is 0.481 e. The lowest BCUT2D eigenvalue weighted by molar-refractivity contribution is -0.137. The van der Waals surface area contributed by atoms with Crippen LogP contribution in [0.3, 0.4) is 0 Å². The Morgan fingerprint density at radius 2 is 1.81 bits per heavy atom. The molecule has 11 nitrogen and oxygen atoms in total. The van der Waals surface area contributed by atoms with Crippen molar-refractivity contribution in [1.82, 2.24) is 14.3 Å². The van der Waals surface area contributed by atoms with E-state index in [0.717, 1.165) is 30.0 Å². The number of anilines is 1. The second-order valence-electron chi connectivity index (χ2n) is 10.7. The van der Waals surface area contributed by atoms with Gasteiger partial charge in [-0.2, -0.15) is 4.31 Å². The van der Waals surface area contributed by atoms with Gasteiger partial charge in [-0.05, 0) is 49.9 Å². The van der Waals surface area contributed by atoms with Crippen molar-refractivity contribution >= 4 is 48.7 Å². The van der Waals surface area contributed by atoms with Crippen molar-refractivity contribution in [3.63, 3.8) is 0 Å². The number of carboxylic acid groups (broad SMARTS) is 1. The number of fused-ring (bicyclic) bond motifs is 1. The summed E-state index contributed by atoms with van der Waals surface area (Å²) in [5.74, 6) is -0.927. The van der Waals surface area contributed by atoms with Crippen LogP contribution in [-0.4, -0.2) is 72.6 Å². The highest BCUT2D eigenvalue weighted by Crippen LogP contribution is 2.36. The third-order valence-corrected chi connectivity index (χ3v) is 10.1. The van der Waals surface area contributed by atoms with Crippen LogP contribution in [0.2, 0.25) is 0 Å². The van der Waals surface area contributed by atoms with Crippen molar-refractivity contribution in [2.75, 3.05) is 32.1 Å². The van der Waals surface area contributed by atoms with Crippen molar-refractivity contribution in [2.24, 2.45) is 5.92 Å². The Morgan fingerprint density at radius 1 is 1.10 bits per heavy atom. The number of carboxylic acids is 1. The fourth-order valence-corrected chi connectivity index (χ4v) is 7.37. The first-order valence-corrected chi connectivity index (χ1v) is 16.4. The second kappa shape index (κ2) is 14.4. The van der Waals surface area contributed by atoms with Gasteiger partial charge in [-0.3, -0.25) is 9.59 Å². The summed E-state index contributed by atoms with van der Waals surface area (Å²) in [5, 5.41) is 12.5. The molecule has 1 aromatic carbocycles. The number of amides is 1. The molecule has 2 N–H and O–H groups in total. The standard InChI is InChI=1S/C29H38N4O7S2/c1-19(2)40-17-16-33(15-14-26(34)35)42(37,38)22-10-8-21(9-11-22)23(18-20-6-4-5-7-20)27(36)32-29-30-24-12-13-25(39-3)31-28(24)41-29/h8-13,19-20,23H,4-7,14-18H2,1-3H3,(H,34,35)(H,30,32,36). The normalized spacial score (nSPS) is 15.0. The molecule has 1 fully saturated rings. The summed E-state index contributed by atoms with van der Waals surface area (Å²) in [4.78, 5) is 34.4. The topological polar surface area (TPSA) is 148 Å². The minimum atomic E-state index is -3.98. The van der Waals surface area contributed by atoms with E-state index in [1.807, 2.05) is 13.8 Å². The number of sulfonamides is 1. The first kappa shape index (κ1) is 31.8. The molecular formula is C29H38N4O7S2. The average molecular weight is 619 g/mol. The van der Waals surface area contributed by atoms with Crippen molar-refractivity contribution in [3.8, 4) is 5.88 Å². The van der Waals surface area contributed by atoms with Gasteiger partial charge in [0.1, 0.15) is 10.3 Å². The number of carbonyl (C=O) groups excluding carboxylic acids is 1. The van der Waals surface area contributed by atoms with E-state index in [2.05, 4.69) is 15.3 Å². The molecule has 42 heavy (non-hydrogen) atoms. The molecule has 1 amide bonds. The minimum Gasteiger partial charge on any atom is -0.481 e. The zero-order valence-electron chi connectivity index (χ0n) is 24.1. The molecule has 3 aromatic rings. The molecule has 1 aliphatic rings. The highest BCUT2D eigenvalue weighted by molar-refractivity contribution is 7.89. The number of pyridine rings is 1. The van der Waals surface area contributed by atoms with Crippen LogP contribution in [0.1, 0.15) is 63.9 Å². The van der Waals surface area contributed by atoms with Gasteiger partial charge in [0, 0.05) is 19.2 Å². The summed E-state index contributed by atoms with van der Waals surface area (Å²) < 4.78 is 38.8. The van der Waals surface area contributed by atoms with Gasteiger partial charge in [0.15, 0.2) is 5.13 Å². The number of nitrogens with zero attached hydrogens (tertiary/aromatic N) is 3. The zero-order chi connectivity index (χ0) is 30.3. The first-order chi connectivity index (χ1) is 20.1. The number of aliphatic carboxylic acids is 1. The van der Waals surface area contributed by atoms with Gasteiger partial charge >= 0.3 is 5.97 Å². The summed E-state index contributed by atoms with van der Waals surface area (Å²) >= 11 is 1.26. The number of nitrogens with one attached hydrogen (secondary N) is 1. The Balaban J connectivity index is 1.55. The number of methoxy groups -OCH3 is 1. The van der Waals surface area contributed by atoms with Crippen LogP contribution >= 0.6 is 11.3 Å². The fourth-order valence-electron chi connectivity index (χ4n) is 5.12. The third-order valence-electron chi connectivity index (χ3n) is 7.32. The van der Waals surface area contributed by atoms with Crippen molar-refractivity contribution in [1.29, 1.82) is 0 Å². The maximum absolute atomic E-state index is 13.6. The molecule has 1 unspecified atom stereocenters. The predicted molar refractivity (Wildman–Crippen MR) is 160 cm³/mol. The molecule has 0 saturated heterocycles. The van der Waals surface area contributed by atoms with Crippen LogP contribution in [0.25, 0.3) is 10.3 Å². The van der Waals surface area contributed by atoms with Crippen molar-refractivity contribution in [2.45, 2.75) is 69.3 Å². The van der Waals surface area contributed by atoms with Crippen LogP contribution in [-0.2, 0) is 24.3 Å². The van der Waals surface area contributed by atoms with Gasteiger partial charge < -0.3 is 19.9 Å². The first-order valence-electron chi connectivity index (χ1n) is 14.1. The number of hydrogen-bond donors (Lipinski definition) is 2. The van der Waals surface area contributed by atoms with Gasteiger partial charge in [-0.25, -0.2) is 18.4 Å². The molecule has 0 aliphatic heterocycles. The summed E-state index contributed by atoms with van der Waals surface area (Å²) in [6.45, 7) is 3.70. The highest BCUT2D eigenvalue weighted by atomic mass is 32.2. The Bertz CT molecular complexity index is 1470. The molecule has 2 aromatic heterocycles. The SMILES string of the molecule is COc1ccc2nc(NC(=O)C(CC3CCCC3)c3ccc(S(=O)(=O)N(CCOC(C)C)CCC(=O)O)cc3)sc2n1. The van der Waals surface area contributed by atoms with Crippen molar-refractivity contribution < 1.29 is 32.6 Å². The molecule has 228 valence electrons. The molecule has 0 bridgehead atoms. The zero-order valence-corrected chi connectivity index (χ0v) is 25.7. The van der Waals surface area contributed by atoms with Gasteiger partial charge in [-0.15, -0.1) is 0 Å². The summed E-state index contributed by atoms with van der Waals surface area (Å²) in [6.07, 6.45) is 4.61. The predicted octanol–water partition coefficient (Wildman–Crippen LogP) is 4.89. The molecule has 13 heteroatoms. The molecule has 1 atom stereocenters. The van der Waals surface area contributed by atoms with Crippen LogP contribution in [0.4, 0.5) is 5.13 Å². The van der Waals surface area contributed by atoms with Crippen LogP contribution in [0, 0.1) is 5.92 Å². The van der Waals surface area contributed by atoms with Crippen molar-refractivity contribution in [3.05, 3.63) is 42.0 Å². The van der Waals surface area contributed by atoms with E-state index in [1.165, 1.54) is 30.6 Å². The maximum atomic E-state index is 13.6. The number of thiazole rings is 1. The van der Waals surface area contributed by atoms with Crippen LogP contribution < -0.4 is 10.1 Å². The third kappa shape index (κ3) is 8.24. The number of rotatable bonds is 15. The molecule has 0 spiro atoms. The maximum Gasteiger partial charge on any atom is 0.304 e. The fraction of sp³-hybridized carbons (Fsp3) is 0.517. The lowest BCUT2D eigenvalue weighted by Crippen LogP contribution is -2.36. The van der Waals surface area contributed by atoms with Gasteiger partial charge in [0.05, 0.1) is 37.1 Å². The average Bonchev–Trinajstić information content (AvgIpc) is 3.62. The Kier molecular flexibility index (Phi) is 10.9. The highest BCUT2D eigenvalue weighted by Gasteiger charge is 2.29. The van der Waals surface area contributed by atoms with E-state index < -0.39 is 21.9 Å². The number of aromatic nitrogens is 2. The number of carbonyl (C=O) groups is 2. The van der Waals surface area contributed by atoms with E-state index in [4.69, 9.17) is 14.6 Å². The van der Waals surface area contributed by atoms with Gasteiger partial charge in [0.25, 0.3) is 0 Å². The molecular weight excluding hydrogens is 580 g/mol. The van der Waals surface area contributed by atoms with Crippen LogP contribution in [0.15, 0.2) is 41.3 Å². The minimum absolute atomic E-state index is 0.0329. The van der Waals surface area contributed by atoms with E-state index in [1.54, 1.807) is 24.3 Å². The molecule has 1 aliphatic carbocycles. The number of benzene rings is 1. The Hall–Kier alpha value is -3.13. The lowest BCUT2D eigenvalue weighted by Gasteiger charge is -2.23. The second-order valence-corrected chi connectivity index (χ2v) is 13.6. The smallest absolute Gasteiger partial charge is 0.304 e. The van der Waals surface area contributed by atoms with Gasteiger partial charge in [-0.1, -0.05) is 49.2 Å². The Morgan fingerprint density at radius 3 is 2.45 bits per heavy atom. The van der Waals surface area contributed by atoms with E-state index in [0.29, 0.717) is 39.3 Å². The van der Waals surface area contributed by atoms with Gasteiger partial charge in [0.2, 0.25) is 21.8 Å². The van der Waals surface area contributed by atoms with Crippen LogP contribution in [0.5, 0.6) is 5.88 Å².